The van der Waals surface area contributed by atoms with Crippen molar-refractivity contribution in [2.24, 2.45) is 5.41 Å². The molecule has 0 aromatic heterocycles. The Morgan fingerprint density at radius 1 is 0.600 bits per heavy atom. The van der Waals surface area contributed by atoms with Crippen LogP contribution in [0.2, 0.25) is 0 Å². The van der Waals surface area contributed by atoms with E-state index in [4.69, 9.17) is 0 Å². The summed E-state index contributed by atoms with van der Waals surface area (Å²) in [6, 6.07) is 0. The second kappa shape index (κ2) is 9.24. The first kappa shape index (κ1) is 15.0. The quantitative estimate of drug-likeness (QED) is 0.392. The normalized spacial score (nSPS) is 12.0. The van der Waals surface area contributed by atoms with Gasteiger partial charge in [-0.05, 0) is 18.3 Å². The van der Waals surface area contributed by atoms with Crippen molar-refractivity contribution in [1.29, 1.82) is 0 Å². The van der Waals surface area contributed by atoms with Gasteiger partial charge in [0.1, 0.15) is 0 Å². The van der Waals surface area contributed by atoms with Gasteiger partial charge in [-0.25, -0.2) is 0 Å². The van der Waals surface area contributed by atoms with E-state index >= 15 is 0 Å². The van der Waals surface area contributed by atoms with E-state index in [0.717, 1.165) is 0 Å². The zero-order chi connectivity index (χ0) is 11.6. The van der Waals surface area contributed by atoms with Crippen LogP contribution in [0.5, 0.6) is 0 Å². The third kappa shape index (κ3) is 6.22. The highest BCUT2D eigenvalue weighted by molar-refractivity contribution is 4.76. The van der Waals surface area contributed by atoms with E-state index in [1.165, 1.54) is 64.2 Å². The van der Waals surface area contributed by atoms with Crippen molar-refractivity contribution >= 4 is 0 Å². The molecule has 0 amide bonds. The molecule has 0 atom stereocenters. The Kier molecular flexibility index (Phi) is 9.24. The Morgan fingerprint density at radius 2 is 1.00 bits per heavy atom. The molecular formula is C15H32. The molecule has 0 radical (unpaired) electrons. The van der Waals surface area contributed by atoms with Gasteiger partial charge in [0, 0.05) is 0 Å². The first-order valence-electron chi connectivity index (χ1n) is 7.24. The molecule has 92 valence electrons. The van der Waals surface area contributed by atoms with Gasteiger partial charge in [0.2, 0.25) is 0 Å². The summed E-state index contributed by atoms with van der Waals surface area (Å²) in [5, 5.41) is 0. The van der Waals surface area contributed by atoms with Crippen LogP contribution in [-0.4, -0.2) is 0 Å². The molecule has 0 aromatic rings. The first-order valence-corrected chi connectivity index (χ1v) is 7.24. The van der Waals surface area contributed by atoms with Gasteiger partial charge in [0.25, 0.3) is 0 Å². The van der Waals surface area contributed by atoms with E-state index in [1.54, 1.807) is 0 Å². The van der Waals surface area contributed by atoms with Crippen LogP contribution in [0.3, 0.4) is 0 Å². The van der Waals surface area contributed by atoms with E-state index in [0.29, 0.717) is 5.41 Å². The average Bonchev–Trinajstić information content (AvgIpc) is 2.28. The maximum atomic E-state index is 2.39. The smallest absolute Gasteiger partial charge is 0.0303 e. The van der Waals surface area contributed by atoms with Gasteiger partial charge in [-0.1, -0.05) is 79.1 Å². The second-order valence-electron chi connectivity index (χ2n) is 5.12. The van der Waals surface area contributed by atoms with E-state index in [9.17, 15) is 0 Å². The molecule has 0 nitrogen and oxygen atoms in total. The highest BCUT2D eigenvalue weighted by Gasteiger charge is 2.24. The molecule has 0 saturated carbocycles. The number of rotatable bonds is 10. The van der Waals surface area contributed by atoms with Crippen molar-refractivity contribution < 1.29 is 0 Å². The molecule has 0 fully saturated rings. The van der Waals surface area contributed by atoms with Crippen molar-refractivity contribution in [2.75, 3.05) is 0 Å². The summed E-state index contributed by atoms with van der Waals surface area (Å²) in [6.45, 7) is 9.39. The average molecular weight is 212 g/mol. The molecule has 15 heavy (non-hydrogen) atoms. The van der Waals surface area contributed by atoms with E-state index in [1.807, 2.05) is 0 Å². The van der Waals surface area contributed by atoms with Gasteiger partial charge in [0.05, 0.1) is 0 Å². The summed E-state index contributed by atoms with van der Waals surface area (Å²) in [6.07, 6.45) is 14.2. The second-order valence-corrected chi connectivity index (χ2v) is 5.12. The highest BCUT2D eigenvalue weighted by Crippen LogP contribution is 2.38. The van der Waals surface area contributed by atoms with Crippen LogP contribution in [0.4, 0.5) is 0 Å². The summed E-state index contributed by atoms with van der Waals surface area (Å²) in [5.74, 6) is 0. The third-order valence-electron chi connectivity index (χ3n) is 4.12. The summed E-state index contributed by atoms with van der Waals surface area (Å²) < 4.78 is 0. The van der Waals surface area contributed by atoms with Crippen molar-refractivity contribution in [3.05, 3.63) is 0 Å². The van der Waals surface area contributed by atoms with Gasteiger partial charge in [-0.15, -0.1) is 0 Å². The van der Waals surface area contributed by atoms with Crippen LogP contribution in [0.25, 0.3) is 0 Å². The van der Waals surface area contributed by atoms with Crippen LogP contribution in [0.1, 0.15) is 91.9 Å². The Bertz CT molecular complexity index is 110. The fraction of sp³-hybridized carbons (Fsp3) is 1.00. The molecule has 0 aliphatic carbocycles. The summed E-state index contributed by atoms with van der Waals surface area (Å²) in [7, 11) is 0. The Labute approximate surface area is 97.8 Å². The van der Waals surface area contributed by atoms with Crippen LogP contribution >= 0.6 is 0 Å². The molecule has 0 saturated heterocycles. The maximum absolute atomic E-state index is 2.39. The van der Waals surface area contributed by atoms with E-state index in [-0.39, 0.29) is 0 Å². The molecule has 0 rings (SSSR count). The molecule has 0 unspecified atom stereocenters. The molecular weight excluding hydrogens is 180 g/mol. The molecule has 0 spiro atoms. The lowest BCUT2D eigenvalue weighted by atomic mass is 9.74. The maximum Gasteiger partial charge on any atom is -0.0303 e. The van der Waals surface area contributed by atoms with Gasteiger partial charge in [0.15, 0.2) is 0 Å². The Balaban J connectivity index is 3.93. The van der Waals surface area contributed by atoms with Crippen LogP contribution in [-0.2, 0) is 0 Å². The SMILES string of the molecule is CCCCCC(CC)(CC)CCCCC. The Morgan fingerprint density at radius 3 is 1.27 bits per heavy atom. The topological polar surface area (TPSA) is 0 Å². The molecule has 0 bridgehead atoms. The van der Waals surface area contributed by atoms with Crippen LogP contribution < -0.4 is 0 Å². The zero-order valence-corrected chi connectivity index (χ0v) is 11.6. The summed E-state index contributed by atoms with van der Waals surface area (Å²) in [4.78, 5) is 0. The molecule has 0 heteroatoms. The predicted octanol–water partition coefficient (Wildman–Crippen LogP) is 5.95. The molecule has 0 N–H and O–H groups in total. The molecule has 0 heterocycles. The summed E-state index contributed by atoms with van der Waals surface area (Å²) >= 11 is 0. The van der Waals surface area contributed by atoms with Crippen molar-refractivity contribution in [3.8, 4) is 0 Å². The van der Waals surface area contributed by atoms with Crippen molar-refractivity contribution in [2.45, 2.75) is 91.9 Å². The van der Waals surface area contributed by atoms with Gasteiger partial charge < -0.3 is 0 Å². The first-order chi connectivity index (χ1) is 7.24. The lowest BCUT2D eigenvalue weighted by Gasteiger charge is -2.32. The third-order valence-corrected chi connectivity index (χ3v) is 4.12. The lowest BCUT2D eigenvalue weighted by molar-refractivity contribution is 0.203. The largest absolute Gasteiger partial charge is 0.0654 e. The van der Waals surface area contributed by atoms with Gasteiger partial charge in [-0.3, -0.25) is 0 Å². The minimum absolute atomic E-state index is 0.685. The van der Waals surface area contributed by atoms with E-state index in [2.05, 4.69) is 27.7 Å². The van der Waals surface area contributed by atoms with E-state index < -0.39 is 0 Å². The molecule has 0 aliphatic heterocycles. The Hall–Kier alpha value is 0. The number of hydrogen-bond donors (Lipinski definition) is 0. The monoisotopic (exact) mass is 212 g/mol. The zero-order valence-electron chi connectivity index (χ0n) is 11.6. The fourth-order valence-electron chi connectivity index (χ4n) is 2.58. The minimum Gasteiger partial charge on any atom is -0.0654 e. The minimum atomic E-state index is 0.685. The number of unbranched alkanes of at least 4 members (excludes halogenated alkanes) is 4. The molecule has 0 aliphatic rings. The molecule has 0 aromatic carbocycles. The van der Waals surface area contributed by atoms with Gasteiger partial charge in [-0.2, -0.15) is 0 Å². The fourth-order valence-corrected chi connectivity index (χ4v) is 2.58. The highest BCUT2D eigenvalue weighted by atomic mass is 14.3. The van der Waals surface area contributed by atoms with Crippen molar-refractivity contribution in [3.63, 3.8) is 0 Å². The summed E-state index contributed by atoms with van der Waals surface area (Å²) in [5.41, 5.74) is 0.685. The number of hydrogen-bond acceptors (Lipinski definition) is 0. The predicted molar refractivity (Wildman–Crippen MR) is 71.3 cm³/mol. The van der Waals surface area contributed by atoms with Crippen LogP contribution in [0, 0.1) is 5.41 Å². The van der Waals surface area contributed by atoms with Gasteiger partial charge >= 0.3 is 0 Å². The van der Waals surface area contributed by atoms with Crippen molar-refractivity contribution in [1.82, 2.24) is 0 Å². The van der Waals surface area contributed by atoms with Crippen LogP contribution in [0.15, 0.2) is 0 Å². The lowest BCUT2D eigenvalue weighted by Crippen LogP contribution is -2.18. The standard InChI is InChI=1S/C15H32/c1-5-9-11-13-15(7-3,8-4)14-12-10-6-2/h5-14H2,1-4H3.